The van der Waals surface area contributed by atoms with Gasteiger partial charge >= 0.3 is 5.97 Å². The number of ketones is 1. The maximum absolute atomic E-state index is 12.9. The summed E-state index contributed by atoms with van der Waals surface area (Å²) >= 11 is 0. The van der Waals surface area contributed by atoms with Gasteiger partial charge in [0.15, 0.2) is 0 Å². The van der Waals surface area contributed by atoms with Gasteiger partial charge in [-0.25, -0.2) is 4.79 Å². The molecule has 1 amide bonds. The van der Waals surface area contributed by atoms with Crippen LogP contribution in [0.4, 0.5) is 5.69 Å². The van der Waals surface area contributed by atoms with Crippen LogP contribution in [0.5, 0.6) is 0 Å². The molecule has 2 saturated carbocycles. The van der Waals surface area contributed by atoms with Crippen molar-refractivity contribution in [3.63, 3.8) is 0 Å². The van der Waals surface area contributed by atoms with Gasteiger partial charge in [-0.3, -0.25) is 9.59 Å². The van der Waals surface area contributed by atoms with Gasteiger partial charge in [-0.15, -0.1) is 0 Å². The van der Waals surface area contributed by atoms with Gasteiger partial charge < -0.3 is 10.1 Å². The van der Waals surface area contributed by atoms with Crippen molar-refractivity contribution < 1.29 is 19.1 Å². The molecule has 0 aromatic heterocycles. The van der Waals surface area contributed by atoms with Crippen molar-refractivity contribution in [2.45, 2.75) is 33.1 Å². The Morgan fingerprint density at radius 2 is 1.87 bits per heavy atom. The second-order valence-electron chi connectivity index (χ2n) is 7.01. The molecular weight excluding hydrogens is 294 g/mol. The van der Waals surface area contributed by atoms with Gasteiger partial charge in [0.1, 0.15) is 11.2 Å². The highest BCUT2D eigenvalue weighted by atomic mass is 16.5. The van der Waals surface area contributed by atoms with Crippen LogP contribution in [-0.4, -0.2) is 24.8 Å². The second-order valence-corrected chi connectivity index (χ2v) is 7.01. The molecule has 5 nitrogen and oxygen atoms in total. The molecule has 2 aliphatic rings. The van der Waals surface area contributed by atoms with Crippen molar-refractivity contribution in [2.75, 3.05) is 12.4 Å². The fourth-order valence-electron chi connectivity index (χ4n) is 4.25. The first-order valence-electron chi connectivity index (χ1n) is 7.86. The van der Waals surface area contributed by atoms with E-state index >= 15 is 0 Å². The number of fused-ring (bicyclic) bond motifs is 2. The fraction of sp³-hybridized carbons (Fsp3) is 0.500. The number of methoxy groups -OCH3 is 1. The van der Waals surface area contributed by atoms with Crippen LogP contribution in [0.1, 0.15) is 43.5 Å². The quantitative estimate of drug-likeness (QED) is 0.687. The van der Waals surface area contributed by atoms with Crippen LogP contribution in [0.25, 0.3) is 0 Å². The number of hydrogen-bond donors (Lipinski definition) is 1. The van der Waals surface area contributed by atoms with E-state index in [4.69, 9.17) is 0 Å². The molecule has 2 fully saturated rings. The lowest BCUT2D eigenvalue weighted by atomic mass is 9.68. The molecule has 5 heteroatoms. The van der Waals surface area contributed by atoms with Crippen LogP contribution in [0, 0.1) is 16.7 Å². The molecular formula is C18H21NO4. The monoisotopic (exact) mass is 315 g/mol. The molecule has 0 saturated heterocycles. The van der Waals surface area contributed by atoms with Crippen LogP contribution in [0.2, 0.25) is 0 Å². The standard InChI is InChI=1S/C18H21NO4/c1-17(2)12-8-9-18(17,14(20)10-12)16(22)19-13-6-4-11(5-7-13)15(21)23-3/h4-7,12H,8-10H2,1-3H3,(H,19,22). The van der Waals surface area contributed by atoms with Gasteiger partial charge in [0, 0.05) is 12.1 Å². The summed E-state index contributed by atoms with van der Waals surface area (Å²) < 4.78 is 4.65. The van der Waals surface area contributed by atoms with E-state index in [1.807, 2.05) is 13.8 Å². The molecule has 1 N–H and O–H groups in total. The van der Waals surface area contributed by atoms with Gasteiger partial charge in [-0.2, -0.15) is 0 Å². The Morgan fingerprint density at radius 1 is 1.22 bits per heavy atom. The van der Waals surface area contributed by atoms with Crippen molar-refractivity contribution >= 4 is 23.3 Å². The lowest BCUT2D eigenvalue weighted by Gasteiger charge is -2.34. The summed E-state index contributed by atoms with van der Waals surface area (Å²) in [6.07, 6.45) is 2.05. The van der Waals surface area contributed by atoms with E-state index in [0.717, 1.165) is 6.42 Å². The third-order valence-electron chi connectivity index (χ3n) is 5.85. The zero-order valence-electron chi connectivity index (χ0n) is 13.6. The molecule has 122 valence electrons. The van der Waals surface area contributed by atoms with E-state index < -0.39 is 11.4 Å². The van der Waals surface area contributed by atoms with E-state index in [-0.39, 0.29) is 17.1 Å². The number of esters is 1. The maximum atomic E-state index is 12.9. The van der Waals surface area contributed by atoms with E-state index in [1.54, 1.807) is 24.3 Å². The minimum Gasteiger partial charge on any atom is -0.465 e. The number of amides is 1. The van der Waals surface area contributed by atoms with E-state index in [2.05, 4.69) is 10.1 Å². The Bertz CT molecular complexity index is 677. The Balaban J connectivity index is 1.82. The van der Waals surface area contributed by atoms with Gasteiger partial charge in [0.2, 0.25) is 5.91 Å². The maximum Gasteiger partial charge on any atom is 0.337 e. The minimum absolute atomic E-state index is 0.0578. The van der Waals surface area contributed by atoms with Gasteiger partial charge in [0.25, 0.3) is 0 Å². The SMILES string of the molecule is COC(=O)c1ccc(NC(=O)C23CCC(CC2=O)C3(C)C)cc1. The van der Waals surface area contributed by atoms with Crippen LogP contribution in [0.3, 0.4) is 0 Å². The molecule has 1 aromatic rings. The first-order valence-corrected chi connectivity index (χ1v) is 7.86. The highest BCUT2D eigenvalue weighted by molar-refractivity contribution is 6.14. The van der Waals surface area contributed by atoms with Gasteiger partial charge in [-0.1, -0.05) is 13.8 Å². The van der Waals surface area contributed by atoms with Crippen LogP contribution >= 0.6 is 0 Å². The van der Waals surface area contributed by atoms with Gasteiger partial charge in [0.05, 0.1) is 12.7 Å². The molecule has 2 aliphatic carbocycles. The highest BCUT2D eigenvalue weighted by Crippen LogP contribution is 2.64. The molecule has 0 aliphatic heterocycles. The fourth-order valence-corrected chi connectivity index (χ4v) is 4.25. The molecule has 2 bridgehead atoms. The Hall–Kier alpha value is -2.17. The lowest BCUT2D eigenvalue weighted by Crippen LogP contribution is -2.46. The number of benzene rings is 1. The third kappa shape index (κ3) is 2.10. The third-order valence-corrected chi connectivity index (χ3v) is 5.85. The van der Waals surface area contributed by atoms with Crippen molar-refractivity contribution in [2.24, 2.45) is 16.7 Å². The van der Waals surface area contributed by atoms with Crippen molar-refractivity contribution in [3.8, 4) is 0 Å². The molecule has 2 atom stereocenters. The van der Waals surface area contributed by atoms with E-state index in [9.17, 15) is 14.4 Å². The summed E-state index contributed by atoms with van der Waals surface area (Å²) in [4.78, 5) is 36.8. The summed E-state index contributed by atoms with van der Waals surface area (Å²) in [5.41, 5.74) is -0.225. The summed E-state index contributed by atoms with van der Waals surface area (Å²) in [6, 6.07) is 6.50. The number of anilines is 1. The van der Waals surface area contributed by atoms with E-state index in [1.165, 1.54) is 7.11 Å². The molecule has 3 rings (SSSR count). The normalized spacial score (nSPS) is 27.8. The highest BCUT2D eigenvalue weighted by Gasteiger charge is 2.68. The number of Topliss-reactive ketones (excluding diaryl/α,β-unsaturated/α-hetero) is 1. The summed E-state index contributed by atoms with van der Waals surface area (Å²) in [5.74, 6) is -0.296. The number of carbonyl (C=O) groups excluding carboxylic acids is 3. The van der Waals surface area contributed by atoms with Crippen molar-refractivity contribution in [1.29, 1.82) is 0 Å². The van der Waals surface area contributed by atoms with Crippen molar-refractivity contribution in [3.05, 3.63) is 29.8 Å². The van der Waals surface area contributed by atoms with Crippen LogP contribution in [0.15, 0.2) is 24.3 Å². The zero-order chi connectivity index (χ0) is 16.8. The average molecular weight is 315 g/mol. The topological polar surface area (TPSA) is 72.5 Å². The molecule has 0 radical (unpaired) electrons. The molecule has 0 spiro atoms. The first-order chi connectivity index (χ1) is 10.8. The Kier molecular flexibility index (Phi) is 3.54. The zero-order valence-corrected chi connectivity index (χ0v) is 13.6. The summed E-state index contributed by atoms with van der Waals surface area (Å²) in [7, 11) is 1.32. The Labute approximate surface area is 135 Å². The molecule has 0 heterocycles. The molecule has 23 heavy (non-hydrogen) atoms. The largest absolute Gasteiger partial charge is 0.465 e. The number of nitrogens with one attached hydrogen (secondary N) is 1. The number of ether oxygens (including phenoxy) is 1. The predicted octanol–water partition coefficient (Wildman–Crippen LogP) is 2.81. The summed E-state index contributed by atoms with van der Waals surface area (Å²) in [6.45, 7) is 4.05. The van der Waals surface area contributed by atoms with Crippen molar-refractivity contribution in [1.82, 2.24) is 0 Å². The van der Waals surface area contributed by atoms with Crippen LogP contribution in [-0.2, 0) is 14.3 Å². The predicted molar refractivity (Wildman–Crippen MR) is 85.0 cm³/mol. The number of rotatable bonds is 3. The molecule has 1 aromatic carbocycles. The Morgan fingerprint density at radius 3 is 2.35 bits per heavy atom. The van der Waals surface area contributed by atoms with E-state index in [0.29, 0.717) is 30.0 Å². The average Bonchev–Trinajstić information content (AvgIpc) is 2.90. The minimum atomic E-state index is -0.918. The molecule has 2 unspecified atom stereocenters. The lowest BCUT2D eigenvalue weighted by molar-refractivity contribution is -0.141. The number of carbonyl (C=O) groups is 3. The van der Waals surface area contributed by atoms with Crippen LogP contribution < -0.4 is 5.32 Å². The second kappa shape index (κ2) is 5.18. The smallest absolute Gasteiger partial charge is 0.337 e. The first kappa shape index (κ1) is 15.7. The summed E-state index contributed by atoms with van der Waals surface area (Å²) in [5, 5.41) is 2.86. The number of hydrogen-bond acceptors (Lipinski definition) is 4. The van der Waals surface area contributed by atoms with Gasteiger partial charge in [-0.05, 0) is 48.4 Å².